The Balaban J connectivity index is 2.07. The molecule has 1 fully saturated rings. The van der Waals surface area contributed by atoms with E-state index in [1.54, 1.807) is 4.90 Å². The summed E-state index contributed by atoms with van der Waals surface area (Å²) < 4.78 is 10.4. The van der Waals surface area contributed by atoms with Crippen molar-refractivity contribution in [2.45, 2.75) is 72.4 Å². The Morgan fingerprint density at radius 1 is 1.23 bits per heavy atom. The van der Waals surface area contributed by atoms with Crippen molar-refractivity contribution in [3.63, 3.8) is 0 Å². The first-order valence-electron chi connectivity index (χ1n) is 10.8. The van der Waals surface area contributed by atoms with Crippen LogP contribution in [0.1, 0.15) is 71.7 Å². The lowest BCUT2D eigenvalue weighted by molar-refractivity contribution is -0.140. The Morgan fingerprint density at radius 2 is 1.90 bits per heavy atom. The molecule has 2 amide bonds. The average molecular weight is 425 g/mol. The van der Waals surface area contributed by atoms with Gasteiger partial charge in [0.25, 0.3) is 0 Å². The number of ether oxygens (including phenoxy) is 1. The molecule has 0 aromatic carbocycles. The highest BCUT2D eigenvalue weighted by molar-refractivity contribution is 5.86. The zero-order valence-electron chi connectivity index (χ0n) is 18.8. The molecule has 3 atom stereocenters. The quantitative estimate of drug-likeness (QED) is 0.621. The van der Waals surface area contributed by atoms with Crippen LogP contribution in [0, 0.1) is 11.3 Å². The predicted molar refractivity (Wildman–Crippen MR) is 110 cm³/mol. The van der Waals surface area contributed by atoms with E-state index in [1.165, 1.54) is 0 Å². The maximum Gasteiger partial charge on any atom is 0.226 e. The molecule has 2 rings (SSSR count). The van der Waals surface area contributed by atoms with Gasteiger partial charge in [0.15, 0.2) is 0 Å². The molecule has 0 radical (unpaired) electrons. The number of morpholine rings is 1. The molecule has 9 nitrogen and oxygen atoms in total. The molecule has 1 aliphatic heterocycles. The van der Waals surface area contributed by atoms with Crippen LogP contribution in [0.25, 0.3) is 0 Å². The van der Waals surface area contributed by atoms with Gasteiger partial charge in [0.05, 0.1) is 19.3 Å². The van der Waals surface area contributed by atoms with E-state index in [9.17, 15) is 14.7 Å². The van der Waals surface area contributed by atoms with Gasteiger partial charge in [-0.15, -0.1) is 0 Å². The van der Waals surface area contributed by atoms with E-state index in [2.05, 4.69) is 15.5 Å². The summed E-state index contributed by atoms with van der Waals surface area (Å²) >= 11 is 0. The van der Waals surface area contributed by atoms with Gasteiger partial charge in [0, 0.05) is 31.8 Å². The van der Waals surface area contributed by atoms with Gasteiger partial charge in [-0.2, -0.15) is 4.98 Å². The first-order chi connectivity index (χ1) is 14.1. The van der Waals surface area contributed by atoms with E-state index >= 15 is 0 Å². The van der Waals surface area contributed by atoms with E-state index in [1.807, 2.05) is 34.6 Å². The van der Waals surface area contributed by atoms with Crippen LogP contribution >= 0.6 is 0 Å². The lowest BCUT2D eigenvalue weighted by Crippen LogP contribution is -2.46. The summed E-state index contributed by atoms with van der Waals surface area (Å²) in [6.07, 6.45) is 0.678. The number of aliphatic hydroxyl groups is 1. The largest absolute Gasteiger partial charge is 0.383 e. The molecule has 2 N–H and O–H groups in total. The molecule has 170 valence electrons. The zero-order valence-corrected chi connectivity index (χ0v) is 18.8. The van der Waals surface area contributed by atoms with Gasteiger partial charge in [-0.05, 0) is 18.3 Å². The normalized spacial score (nSPS) is 18.0. The molecule has 1 aromatic rings. The Hall–Kier alpha value is -2.00. The fourth-order valence-electron chi connectivity index (χ4n) is 3.57. The van der Waals surface area contributed by atoms with Crippen molar-refractivity contribution in [3.05, 3.63) is 11.7 Å². The van der Waals surface area contributed by atoms with Crippen LogP contribution < -0.4 is 5.32 Å². The summed E-state index contributed by atoms with van der Waals surface area (Å²) in [7, 11) is 0. The van der Waals surface area contributed by atoms with E-state index in [4.69, 9.17) is 9.26 Å². The van der Waals surface area contributed by atoms with Gasteiger partial charge < -0.3 is 24.6 Å². The van der Waals surface area contributed by atoms with Crippen molar-refractivity contribution in [2.75, 3.05) is 26.3 Å². The third-order valence-electron chi connectivity index (χ3n) is 5.21. The van der Waals surface area contributed by atoms with Crippen molar-refractivity contribution >= 4 is 11.8 Å². The number of hydrogen-bond acceptors (Lipinski definition) is 7. The Labute approximate surface area is 178 Å². The maximum absolute atomic E-state index is 13.1. The standard InChI is InChI=1S/C21H36N4O5/c1-6-15(18(27)19-23-16(7-2)30-24-19)22-20(28)14(13-21(3,4)5)12-17(26)25-8-10-29-11-9-25/h14-15,18,27H,6-13H2,1-5H3,(H,22,28)/t14?,15-,18+/m1/s1. The molecular weight excluding hydrogens is 388 g/mol. The number of carbonyl (C=O) groups is 2. The highest BCUT2D eigenvalue weighted by atomic mass is 16.5. The third kappa shape index (κ3) is 7.05. The number of carbonyl (C=O) groups excluding carboxylic acids is 2. The molecule has 0 bridgehead atoms. The molecule has 0 saturated carbocycles. The van der Waals surface area contributed by atoms with Crippen LogP contribution in [0.15, 0.2) is 4.52 Å². The average Bonchev–Trinajstić information content (AvgIpc) is 3.19. The summed E-state index contributed by atoms with van der Waals surface area (Å²) in [5.41, 5.74) is -0.128. The number of nitrogens with zero attached hydrogens (tertiary/aromatic N) is 3. The summed E-state index contributed by atoms with van der Waals surface area (Å²) in [6, 6.07) is -0.569. The van der Waals surface area contributed by atoms with Crippen LogP contribution in [0.3, 0.4) is 0 Å². The first-order valence-corrected chi connectivity index (χ1v) is 10.8. The first kappa shape index (κ1) is 24.3. The number of hydrogen-bond donors (Lipinski definition) is 2. The molecule has 1 aromatic heterocycles. The SMILES string of the molecule is CCc1nc([C@@H](O)[C@@H](CC)NC(=O)C(CC(=O)N2CCOCC2)CC(C)(C)C)no1. The summed E-state index contributed by atoms with van der Waals surface area (Å²) in [4.78, 5) is 31.8. The molecular formula is C21H36N4O5. The van der Waals surface area contributed by atoms with Crippen LogP contribution in [-0.4, -0.2) is 64.3 Å². The Morgan fingerprint density at radius 3 is 2.43 bits per heavy atom. The van der Waals surface area contributed by atoms with Crippen molar-refractivity contribution in [2.24, 2.45) is 11.3 Å². The Bertz CT molecular complexity index is 694. The zero-order chi connectivity index (χ0) is 22.3. The van der Waals surface area contributed by atoms with Crippen molar-refractivity contribution in [3.8, 4) is 0 Å². The third-order valence-corrected chi connectivity index (χ3v) is 5.21. The number of rotatable bonds is 9. The minimum absolute atomic E-state index is 0.0398. The number of nitrogens with one attached hydrogen (secondary N) is 1. The molecule has 2 heterocycles. The molecule has 1 unspecified atom stereocenters. The Kier molecular flexibility index (Phi) is 8.78. The topological polar surface area (TPSA) is 118 Å². The van der Waals surface area contributed by atoms with Crippen molar-refractivity contribution in [1.82, 2.24) is 20.4 Å². The van der Waals surface area contributed by atoms with Gasteiger partial charge >= 0.3 is 0 Å². The van der Waals surface area contributed by atoms with E-state index in [-0.39, 0.29) is 29.5 Å². The lowest BCUT2D eigenvalue weighted by atomic mass is 9.82. The summed E-state index contributed by atoms with van der Waals surface area (Å²) in [5.74, 6) is -0.167. The predicted octanol–water partition coefficient (Wildman–Crippen LogP) is 1.86. The molecule has 1 aliphatic rings. The van der Waals surface area contributed by atoms with Gasteiger partial charge in [-0.25, -0.2) is 0 Å². The number of amides is 2. The molecule has 30 heavy (non-hydrogen) atoms. The monoisotopic (exact) mass is 424 g/mol. The fraction of sp³-hybridized carbons (Fsp3) is 0.810. The van der Waals surface area contributed by atoms with Gasteiger partial charge in [0.1, 0.15) is 6.10 Å². The molecule has 9 heteroatoms. The van der Waals surface area contributed by atoms with Gasteiger partial charge in [-0.1, -0.05) is 39.8 Å². The second kappa shape index (κ2) is 10.9. The van der Waals surface area contributed by atoms with Crippen molar-refractivity contribution in [1.29, 1.82) is 0 Å². The van der Waals surface area contributed by atoms with E-state index in [0.717, 1.165) is 0 Å². The highest BCUT2D eigenvalue weighted by Crippen LogP contribution is 2.28. The second-order valence-corrected chi connectivity index (χ2v) is 9.03. The van der Waals surface area contributed by atoms with Crippen LogP contribution in [-0.2, 0) is 20.7 Å². The highest BCUT2D eigenvalue weighted by Gasteiger charge is 2.33. The number of aliphatic hydroxyl groups excluding tert-OH is 1. The van der Waals surface area contributed by atoms with Gasteiger partial charge in [-0.3, -0.25) is 9.59 Å². The van der Waals surface area contributed by atoms with Crippen molar-refractivity contribution < 1.29 is 24.0 Å². The molecule has 0 spiro atoms. The maximum atomic E-state index is 13.1. The molecule has 0 aliphatic carbocycles. The summed E-state index contributed by atoms with van der Waals surface area (Å²) in [5, 5.41) is 17.4. The van der Waals surface area contributed by atoms with Crippen LogP contribution in [0.5, 0.6) is 0 Å². The summed E-state index contributed by atoms with van der Waals surface area (Å²) in [6.45, 7) is 12.0. The smallest absolute Gasteiger partial charge is 0.226 e. The number of aromatic nitrogens is 2. The second-order valence-electron chi connectivity index (χ2n) is 9.03. The minimum atomic E-state index is -1.08. The lowest BCUT2D eigenvalue weighted by Gasteiger charge is -2.31. The minimum Gasteiger partial charge on any atom is -0.383 e. The van der Waals surface area contributed by atoms with Gasteiger partial charge in [0.2, 0.25) is 23.5 Å². The van der Waals surface area contributed by atoms with Crippen LogP contribution in [0.4, 0.5) is 0 Å². The fourth-order valence-corrected chi connectivity index (χ4v) is 3.57. The number of aryl methyl sites for hydroxylation is 1. The van der Waals surface area contributed by atoms with Crippen LogP contribution in [0.2, 0.25) is 0 Å². The van der Waals surface area contributed by atoms with E-state index < -0.39 is 18.1 Å². The van der Waals surface area contributed by atoms with E-state index in [0.29, 0.717) is 51.5 Å². The molecule has 1 saturated heterocycles.